The minimum atomic E-state index is -0.0154. The van der Waals surface area contributed by atoms with E-state index >= 15 is 0 Å². The highest BCUT2D eigenvalue weighted by Crippen LogP contribution is 2.58. The second-order valence-corrected chi connectivity index (χ2v) is 9.72. The lowest BCUT2D eigenvalue weighted by Crippen LogP contribution is -2.61. The molecule has 0 unspecified atom stereocenters. The average molecular weight is 402 g/mol. The standard InChI is InChI=1S/C22H28ClN3O2/c1-14-21(23)15(2)26(24-14)13-20(27)25(12-19-4-3-5-28-19)22-9-16-6-17(10-22)8-18(7-16)11-22/h3-5,16-18H,6-13H2,1-2H3. The van der Waals surface area contributed by atoms with Crippen LogP contribution in [0.4, 0.5) is 0 Å². The van der Waals surface area contributed by atoms with E-state index in [1.54, 1.807) is 10.9 Å². The van der Waals surface area contributed by atoms with Crippen LogP contribution in [0.5, 0.6) is 0 Å². The number of amides is 1. The van der Waals surface area contributed by atoms with E-state index in [1.807, 2.05) is 26.0 Å². The summed E-state index contributed by atoms with van der Waals surface area (Å²) in [6.45, 7) is 4.60. The Morgan fingerprint density at radius 2 is 1.89 bits per heavy atom. The molecule has 1 amide bonds. The smallest absolute Gasteiger partial charge is 0.245 e. The Morgan fingerprint density at radius 1 is 1.25 bits per heavy atom. The van der Waals surface area contributed by atoms with E-state index < -0.39 is 0 Å². The van der Waals surface area contributed by atoms with E-state index in [4.69, 9.17) is 16.0 Å². The first-order valence-corrected chi connectivity index (χ1v) is 10.8. The maximum Gasteiger partial charge on any atom is 0.245 e. The van der Waals surface area contributed by atoms with E-state index in [0.717, 1.165) is 54.2 Å². The third-order valence-electron chi connectivity index (χ3n) is 7.35. The van der Waals surface area contributed by atoms with Gasteiger partial charge >= 0.3 is 0 Å². The van der Waals surface area contributed by atoms with Gasteiger partial charge in [0, 0.05) is 5.54 Å². The van der Waals surface area contributed by atoms with Crippen LogP contribution in [-0.2, 0) is 17.9 Å². The van der Waals surface area contributed by atoms with Gasteiger partial charge in [-0.05, 0) is 82.3 Å². The molecule has 0 atom stereocenters. The molecule has 0 N–H and O–H groups in total. The molecule has 2 heterocycles. The molecule has 150 valence electrons. The zero-order chi connectivity index (χ0) is 19.5. The molecule has 4 fully saturated rings. The molecular weight excluding hydrogens is 374 g/mol. The van der Waals surface area contributed by atoms with Gasteiger partial charge in [-0.3, -0.25) is 9.48 Å². The summed E-state index contributed by atoms with van der Waals surface area (Å²) < 4.78 is 7.40. The third-order valence-corrected chi connectivity index (χ3v) is 7.90. The first kappa shape index (κ1) is 18.3. The van der Waals surface area contributed by atoms with Crippen molar-refractivity contribution in [2.75, 3.05) is 0 Å². The van der Waals surface area contributed by atoms with Crippen LogP contribution in [0.3, 0.4) is 0 Å². The monoisotopic (exact) mass is 401 g/mol. The van der Waals surface area contributed by atoms with Crippen molar-refractivity contribution in [2.24, 2.45) is 17.8 Å². The number of carbonyl (C=O) groups is 1. The number of furan rings is 1. The van der Waals surface area contributed by atoms with Gasteiger partial charge in [0.25, 0.3) is 0 Å². The number of hydrogen-bond acceptors (Lipinski definition) is 3. The van der Waals surface area contributed by atoms with Crippen LogP contribution in [-0.4, -0.2) is 26.1 Å². The highest BCUT2D eigenvalue weighted by atomic mass is 35.5. The maximum absolute atomic E-state index is 13.6. The van der Waals surface area contributed by atoms with Gasteiger partial charge in [0.2, 0.25) is 5.91 Å². The fourth-order valence-corrected chi connectivity index (χ4v) is 6.65. The molecule has 2 aromatic heterocycles. The van der Waals surface area contributed by atoms with E-state index in [1.165, 1.54) is 19.3 Å². The van der Waals surface area contributed by atoms with E-state index in [-0.39, 0.29) is 18.0 Å². The maximum atomic E-state index is 13.6. The van der Waals surface area contributed by atoms with Gasteiger partial charge in [-0.1, -0.05) is 11.6 Å². The van der Waals surface area contributed by atoms with Crippen molar-refractivity contribution in [1.29, 1.82) is 0 Å². The van der Waals surface area contributed by atoms with Crippen molar-refractivity contribution >= 4 is 17.5 Å². The molecule has 0 radical (unpaired) electrons. The number of hydrogen-bond donors (Lipinski definition) is 0. The summed E-state index contributed by atoms with van der Waals surface area (Å²) in [5.74, 6) is 3.32. The molecular formula is C22H28ClN3O2. The molecule has 4 bridgehead atoms. The highest BCUT2D eigenvalue weighted by molar-refractivity contribution is 6.31. The topological polar surface area (TPSA) is 51.3 Å². The Bertz CT molecular complexity index is 851. The van der Waals surface area contributed by atoms with Crippen LogP contribution in [0.1, 0.15) is 55.7 Å². The Kier molecular flexibility index (Phi) is 4.34. The van der Waals surface area contributed by atoms with E-state index in [0.29, 0.717) is 11.6 Å². The van der Waals surface area contributed by atoms with Crippen LogP contribution in [0, 0.1) is 31.6 Å². The SMILES string of the molecule is Cc1nn(CC(=O)N(Cc2ccco2)C23CC4CC(CC(C4)C2)C3)c(C)c1Cl. The van der Waals surface area contributed by atoms with Crippen molar-refractivity contribution in [3.8, 4) is 0 Å². The summed E-state index contributed by atoms with van der Waals surface area (Å²) in [4.78, 5) is 15.7. The molecule has 6 heteroatoms. The third kappa shape index (κ3) is 2.99. The van der Waals surface area contributed by atoms with Crippen molar-refractivity contribution < 1.29 is 9.21 Å². The van der Waals surface area contributed by atoms with Crippen LogP contribution in [0.2, 0.25) is 5.02 Å². The molecule has 4 saturated carbocycles. The molecule has 5 nitrogen and oxygen atoms in total. The second kappa shape index (κ2) is 6.65. The molecule has 0 saturated heterocycles. The zero-order valence-corrected chi connectivity index (χ0v) is 17.4. The molecule has 0 aliphatic heterocycles. The minimum Gasteiger partial charge on any atom is -0.467 e. The molecule has 6 rings (SSSR count). The van der Waals surface area contributed by atoms with Gasteiger partial charge in [-0.25, -0.2) is 0 Å². The normalized spacial score (nSPS) is 30.8. The molecule has 4 aliphatic carbocycles. The Balaban J connectivity index is 1.46. The summed E-state index contributed by atoms with van der Waals surface area (Å²) in [6, 6.07) is 3.87. The highest BCUT2D eigenvalue weighted by Gasteiger charge is 2.54. The minimum absolute atomic E-state index is 0.0154. The van der Waals surface area contributed by atoms with Gasteiger partial charge in [-0.2, -0.15) is 5.10 Å². The number of halogens is 1. The first-order valence-electron chi connectivity index (χ1n) is 10.5. The summed E-state index contributed by atoms with van der Waals surface area (Å²) in [5, 5.41) is 5.14. The lowest BCUT2D eigenvalue weighted by atomic mass is 9.52. The lowest BCUT2D eigenvalue weighted by molar-refractivity contribution is -0.154. The Hall–Kier alpha value is -1.75. The van der Waals surface area contributed by atoms with Gasteiger partial charge in [-0.15, -0.1) is 0 Å². The van der Waals surface area contributed by atoms with Crippen LogP contribution < -0.4 is 0 Å². The van der Waals surface area contributed by atoms with Gasteiger partial charge in [0.05, 0.1) is 29.2 Å². The van der Waals surface area contributed by atoms with Crippen LogP contribution in [0.25, 0.3) is 0 Å². The predicted octanol–water partition coefficient (Wildman–Crippen LogP) is 4.74. The Morgan fingerprint density at radius 3 is 2.39 bits per heavy atom. The molecule has 28 heavy (non-hydrogen) atoms. The van der Waals surface area contributed by atoms with E-state index in [2.05, 4.69) is 10.00 Å². The van der Waals surface area contributed by atoms with Crippen molar-refractivity contribution in [3.63, 3.8) is 0 Å². The number of carbonyl (C=O) groups excluding carboxylic acids is 1. The molecule has 0 aromatic carbocycles. The van der Waals surface area contributed by atoms with Crippen molar-refractivity contribution in [2.45, 2.75) is 71.0 Å². The fraction of sp³-hybridized carbons (Fsp3) is 0.636. The van der Waals surface area contributed by atoms with Gasteiger partial charge < -0.3 is 9.32 Å². The van der Waals surface area contributed by atoms with Gasteiger partial charge in [0.15, 0.2) is 0 Å². The first-order chi connectivity index (χ1) is 13.4. The zero-order valence-electron chi connectivity index (χ0n) is 16.7. The van der Waals surface area contributed by atoms with Crippen molar-refractivity contribution in [3.05, 3.63) is 40.6 Å². The molecule has 2 aromatic rings. The predicted molar refractivity (Wildman–Crippen MR) is 107 cm³/mol. The fourth-order valence-electron chi connectivity index (χ4n) is 6.52. The average Bonchev–Trinajstić information content (AvgIpc) is 3.23. The Labute approximate surface area is 171 Å². The van der Waals surface area contributed by atoms with Crippen LogP contribution in [0.15, 0.2) is 22.8 Å². The van der Waals surface area contributed by atoms with Gasteiger partial charge in [0.1, 0.15) is 12.3 Å². The second-order valence-electron chi connectivity index (χ2n) is 9.34. The summed E-state index contributed by atoms with van der Waals surface area (Å²) in [5.41, 5.74) is 1.62. The molecule has 0 spiro atoms. The lowest BCUT2D eigenvalue weighted by Gasteiger charge is -2.60. The number of aromatic nitrogens is 2. The summed E-state index contributed by atoms with van der Waals surface area (Å²) in [7, 11) is 0. The largest absolute Gasteiger partial charge is 0.467 e. The van der Waals surface area contributed by atoms with E-state index in [9.17, 15) is 4.79 Å². The number of rotatable bonds is 5. The van der Waals surface area contributed by atoms with Crippen LogP contribution >= 0.6 is 11.6 Å². The molecule has 4 aliphatic rings. The quantitative estimate of drug-likeness (QED) is 0.726. The van der Waals surface area contributed by atoms with Crippen molar-refractivity contribution in [1.82, 2.24) is 14.7 Å². The number of aryl methyl sites for hydroxylation is 1. The number of nitrogens with zero attached hydrogens (tertiary/aromatic N) is 3. The summed E-state index contributed by atoms with van der Waals surface area (Å²) >= 11 is 6.31. The summed E-state index contributed by atoms with van der Waals surface area (Å²) in [6.07, 6.45) is 9.19.